The Bertz CT molecular complexity index is 449. The fourth-order valence-electron chi connectivity index (χ4n) is 1.54. The zero-order valence-corrected chi connectivity index (χ0v) is 14.4. The summed E-state index contributed by atoms with van der Waals surface area (Å²) in [5.74, 6) is -0.115. The lowest BCUT2D eigenvalue weighted by molar-refractivity contribution is -0.121. The van der Waals surface area contributed by atoms with E-state index >= 15 is 0 Å². The number of methoxy groups -OCH3 is 1. The van der Waals surface area contributed by atoms with E-state index in [-0.39, 0.29) is 5.91 Å². The Balaban J connectivity index is 2.57. The summed E-state index contributed by atoms with van der Waals surface area (Å²) in [6, 6.07) is 3.01. The maximum absolute atomic E-state index is 11.9. The van der Waals surface area contributed by atoms with Crippen molar-refractivity contribution in [2.75, 3.05) is 25.6 Å². The van der Waals surface area contributed by atoms with Crippen molar-refractivity contribution in [3.05, 3.63) is 26.7 Å². The molecule has 0 aromatic heterocycles. The number of anilines is 1. The SMILES string of the molecule is COCCCNC(=O)C(C)Nc1c(Cl)cc(Br)cc1Cl. The highest BCUT2D eigenvalue weighted by Gasteiger charge is 2.15. The minimum absolute atomic E-state index is 0.115. The van der Waals surface area contributed by atoms with Crippen molar-refractivity contribution < 1.29 is 9.53 Å². The van der Waals surface area contributed by atoms with Crippen LogP contribution in [-0.2, 0) is 9.53 Å². The number of rotatable bonds is 7. The van der Waals surface area contributed by atoms with Gasteiger partial charge in [-0.2, -0.15) is 0 Å². The number of carbonyl (C=O) groups excluding carboxylic acids is 1. The lowest BCUT2D eigenvalue weighted by Crippen LogP contribution is -2.38. The summed E-state index contributed by atoms with van der Waals surface area (Å²) < 4.78 is 5.70. The van der Waals surface area contributed by atoms with Crippen molar-refractivity contribution in [3.8, 4) is 0 Å². The number of halogens is 3. The highest BCUT2D eigenvalue weighted by Crippen LogP contribution is 2.34. The number of benzene rings is 1. The van der Waals surface area contributed by atoms with Crippen LogP contribution in [0.2, 0.25) is 10.0 Å². The molecule has 0 aliphatic heterocycles. The highest BCUT2D eigenvalue weighted by molar-refractivity contribution is 9.10. The maximum Gasteiger partial charge on any atom is 0.242 e. The summed E-state index contributed by atoms with van der Waals surface area (Å²) in [6.07, 6.45) is 0.773. The van der Waals surface area contributed by atoms with Gasteiger partial charge in [0, 0.05) is 24.7 Å². The topological polar surface area (TPSA) is 50.4 Å². The van der Waals surface area contributed by atoms with Crippen LogP contribution in [0.15, 0.2) is 16.6 Å². The molecule has 0 aliphatic carbocycles. The number of hydrogen-bond donors (Lipinski definition) is 2. The number of hydrogen-bond acceptors (Lipinski definition) is 3. The molecule has 0 heterocycles. The molecule has 0 saturated carbocycles. The third-order valence-corrected chi connectivity index (χ3v) is 3.64. The van der Waals surface area contributed by atoms with Crippen LogP contribution in [0.3, 0.4) is 0 Å². The lowest BCUT2D eigenvalue weighted by atomic mass is 10.2. The Kier molecular flexibility index (Phi) is 7.66. The zero-order chi connectivity index (χ0) is 15.1. The molecule has 0 radical (unpaired) electrons. The summed E-state index contributed by atoms with van der Waals surface area (Å²) in [4.78, 5) is 11.9. The second kappa shape index (κ2) is 8.72. The van der Waals surface area contributed by atoms with E-state index in [0.29, 0.717) is 28.9 Å². The molecule has 1 atom stereocenters. The van der Waals surface area contributed by atoms with E-state index < -0.39 is 6.04 Å². The molecule has 0 spiro atoms. The van der Waals surface area contributed by atoms with Gasteiger partial charge in [-0.1, -0.05) is 39.1 Å². The third kappa shape index (κ3) is 5.48. The molecular weight excluding hydrogens is 367 g/mol. The minimum Gasteiger partial charge on any atom is -0.385 e. The van der Waals surface area contributed by atoms with E-state index in [0.717, 1.165) is 10.9 Å². The molecule has 1 aromatic rings. The smallest absolute Gasteiger partial charge is 0.242 e. The van der Waals surface area contributed by atoms with Crippen molar-refractivity contribution in [2.24, 2.45) is 0 Å². The van der Waals surface area contributed by atoms with Crippen molar-refractivity contribution in [2.45, 2.75) is 19.4 Å². The normalized spacial score (nSPS) is 12.1. The van der Waals surface area contributed by atoms with Crippen molar-refractivity contribution in [1.82, 2.24) is 5.32 Å². The highest BCUT2D eigenvalue weighted by atomic mass is 79.9. The van der Waals surface area contributed by atoms with E-state index in [1.165, 1.54) is 0 Å². The molecule has 112 valence electrons. The average molecular weight is 384 g/mol. The fourth-order valence-corrected chi connectivity index (χ4v) is 2.86. The Labute approximate surface area is 137 Å². The minimum atomic E-state index is -0.436. The van der Waals surface area contributed by atoms with E-state index in [9.17, 15) is 4.79 Å². The number of amides is 1. The van der Waals surface area contributed by atoms with Gasteiger partial charge >= 0.3 is 0 Å². The Hall–Kier alpha value is -0.490. The molecule has 1 aromatic carbocycles. The fraction of sp³-hybridized carbons (Fsp3) is 0.462. The summed E-state index contributed by atoms with van der Waals surface area (Å²) in [7, 11) is 1.63. The van der Waals surface area contributed by atoms with Crippen LogP contribution in [0.25, 0.3) is 0 Å². The third-order valence-electron chi connectivity index (χ3n) is 2.59. The van der Waals surface area contributed by atoms with Crippen LogP contribution >= 0.6 is 39.1 Å². The van der Waals surface area contributed by atoms with Gasteiger partial charge < -0.3 is 15.4 Å². The molecule has 4 nitrogen and oxygen atoms in total. The van der Waals surface area contributed by atoms with Gasteiger partial charge in [0.1, 0.15) is 6.04 Å². The van der Waals surface area contributed by atoms with Crippen LogP contribution in [0, 0.1) is 0 Å². The van der Waals surface area contributed by atoms with Crippen molar-refractivity contribution in [1.29, 1.82) is 0 Å². The first kappa shape index (κ1) is 17.6. The van der Waals surface area contributed by atoms with Crippen LogP contribution in [0.4, 0.5) is 5.69 Å². The molecule has 0 aliphatic rings. The van der Waals surface area contributed by atoms with Gasteiger partial charge in [0.15, 0.2) is 0 Å². The molecule has 1 amide bonds. The summed E-state index contributed by atoms with van der Waals surface area (Å²) in [5.41, 5.74) is 0.552. The first-order valence-electron chi connectivity index (χ1n) is 6.13. The number of ether oxygens (including phenoxy) is 1. The number of carbonyl (C=O) groups is 1. The lowest BCUT2D eigenvalue weighted by Gasteiger charge is -2.17. The molecule has 0 bridgehead atoms. The molecular formula is C13H17BrCl2N2O2. The monoisotopic (exact) mass is 382 g/mol. The molecule has 0 fully saturated rings. The van der Waals surface area contributed by atoms with Gasteiger partial charge in [-0.05, 0) is 25.5 Å². The van der Waals surface area contributed by atoms with Crippen LogP contribution < -0.4 is 10.6 Å². The van der Waals surface area contributed by atoms with E-state index in [1.54, 1.807) is 26.2 Å². The predicted octanol–water partition coefficient (Wildman–Crippen LogP) is 3.71. The van der Waals surface area contributed by atoms with Gasteiger partial charge in [0.25, 0.3) is 0 Å². The van der Waals surface area contributed by atoms with Gasteiger partial charge in [-0.25, -0.2) is 0 Å². The molecule has 1 unspecified atom stereocenters. The summed E-state index contributed by atoms with van der Waals surface area (Å²) >= 11 is 15.5. The summed E-state index contributed by atoms with van der Waals surface area (Å²) in [6.45, 7) is 2.94. The quantitative estimate of drug-likeness (QED) is 0.705. The Morgan fingerprint density at radius 1 is 1.40 bits per heavy atom. The van der Waals surface area contributed by atoms with Crippen LogP contribution in [-0.4, -0.2) is 32.2 Å². The van der Waals surface area contributed by atoms with Gasteiger partial charge in [-0.15, -0.1) is 0 Å². The Morgan fingerprint density at radius 3 is 2.55 bits per heavy atom. The predicted molar refractivity (Wildman–Crippen MR) is 86.7 cm³/mol. The molecule has 20 heavy (non-hydrogen) atoms. The standard InChI is InChI=1S/C13H17BrCl2N2O2/c1-8(13(19)17-4-3-5-20-2)18-12-10(15)6-9(14)7-11(12)16/h6-8,18H,3-5H2,1-2H3,(H,17,19). The van der Waals surface area contributed by atoms with E-state index in [2.05, 4.69) is 26.6 Å². The second-order valence-electron chi connectivity index (χ2n) is 4.25. The van der Waals surface area contributed by atoms with Gasteiger partial charge in [0.2, 0.25) is 5.91 Å². The zero-order valence-electron chi connectivity index (χ0n) is 11.3. The molecule has 0 saturated heterocycles. The van der Waals surface area contributed by atoms with Crippen LogP contribution in [0.5, 0.6) is 0 Å². The Morgan fingerprint density at radius 2 is 2.00 bits per heavy atom. The van der Waals surface area contributed by atoms with Gasteiger partial charge in [0.05, 0.1) is 15.7 Å². The number of nitrogens with one attached hydrogen (secondary N) is 2. The second-order valence-corrected chi connectivity index (χ2v) is 5.98. The molecule has 7 heteroatoms. The van der Waals surface area contributed by atoms with E-state index in [4.69, 9.17) is 27.9 Å². The average Bonchev–Trinajstić information content (AvgIpc) is 2.38. The van der Waals surface area contributed by atoms with Crippen molar-refractivity contribution in [3.63, 3.8) is 0 Å². The molecule has 1 rings (SSSR count). The first-order chi connectivity index (χ1) is 9.45. The van der Waals surface area contributed by atoms with Gasteiger partial charge in [-0.3, -0.25) is 4.79 Å². The molecule has 2 N–H and O–H groups in total. The van der Waals surface area contributed by atoms with Crippen molar-refractivity contribution >= 4 is 50.7 Å². The van der Waals surface area contributed by atoms with Crippen LogP contribution in [0.1, 0.15) is 13.3 Å². The summed E-state index contributed by atoms with van der Waals surface area (Å²) in [5, 5.41) is 6.75. The van der Waals surface area contributed by atoms with E-state index in [1.807, 2.05) is 0 Å². The maximum atomic E-state index is 11.9. The largest absolute Gasteiger partial charge is 0.385 e. The first-order valence-corrected chi connectivity index (χ1v) is 7.68.